The second-order valence-corrected chi connectivity index (χ2v) is 4.05. The molecule has 15 heavy (non-hydrogen) atoms. The quantitative estimate of drug-likeness (QED) is 0.788. The van der Waals surface area contributed by atoms with Gasteiger partial charge in [-0.05, 0) is 0 Å². The summed E-state index contributed by atoms with van der Waals surface area (Å²) >= 11 is 1.81. The fraction of sp³-hybridized carbons (Fsp3) is 0.0769. The molecule has 0 amide bonds. The van der Waals surface area contributed by atoms with Crippen molar-refractivity contribution in [3.63, 3.8) is 0 Å². The van der Waals surface area contributed by atoms with Crippen molar-refractivity contribution >= 4 is 34.4 Å². The van der Waals surface area contributed by atoms with Crippen LogP contribution in [0.1, 0.15) is 0 Å². The Hall–Kier alpha value is -0.942. The first-order chi connectivity index (χ1) is 7.42. The van der Waals surface area contributed by atoms with E-state index in [4.69, 9.17) is 0 Å². The van der Waals surface area contributed by atoms with E-state index in [1.54, 1.807) is 0 Å². The second-order valence-electron chi connectivity index (χ2n) is 3.24. The van der Waals surface area contributed by atoms with E-state index < -0.39 is 0 Å². The summed E-state index contributed by atoms with van der Waals surface area (Å²) in [7, 11) is 0. The number of nitrogens with zero attached hydrogens (tertiary/aromatic N) is 1. The van der Waals surface area contributed by atoms with Gasteiger partial charge < -0.3 is 0 Å². The van der Waals surface area contributed by atoms with Gasteiger partial charge in [-0.3, -0.25) is 0 Å². The Morgan fingerprint density at radius 3 is 1.47 bits per heavy atom. The minimum absolute atomic E-state index is 1.03. The molecule has 1 nitrogen and oxygen atoms in total. The Morgan fingerprint density at radius 1 is 0.733 bits per heavy atom. The van der Waals surface area contributed by atoms with Crippen molar-refractivity contribution in [2.45, 2.75) is 0 Å². The molecule has 2 aromatic carbocycles. The Morgan fingerprint density at radius 2 is 1.13 bits per heavy atom. The molecular weight excluding hydrogens is 292 g/mol. The molecule has 0 aliphatic rings. The number of rotatable bonds is 3. The van der Waals surface area contributed by atoms with E-state index in [-0.39, 0.29) is 0 Å². The Balaban J connectivity index is 2.34. The monoisotopic (exact) mass is 303 g/mol. The van der Waals surface area contributed by atoms with Gasteiger partial charge in [0.25, 0.3) is 0 Å². The van der Waals surface area contributed by atoms with Gasteiger partial charge in [-0.1, -0.05) is 0 Å². The summed E-state index contributed by atoms with van der Waals surface area (Å²) in [4.78, 5) is 2.31. The van der Waals surface area contributed by atoms with Crippen LogP contribution in [0, 0.1) is 0 Å². The Bertz CT molecular complexity index is 360. The molecule has 0 aliphatic heterocycles. The van der Waals surface area contributed by atoms with E-state index in [1.807, 2.05) is 35.2 Å². The van der Waals surface area contributed by atoms with Crippen molar-refractivity contribution in [2.75, 3.05) is 9.39 Å². The molecule has 0 fully saturated rings. The van der Waals surface area contributed by atoms with Gasteiger partial charge >= 0.3 is 104 Å². The Kier molecular flexibility index (Phi) is 3.68. The van der Waals surface area contributed by atoms with Gasteiger partial charge in [0.2, 0.25) is 0 Å². The van der Waals surface area contributed by atoms with Crippen LogP contribution in [0.25, 0.3) is 0 Å². The van der Waals surface area contributed by atoms with Gasteiger partial charge in [-0.25, -0.2) is 0 Å². The molecule has 0 saturated heterocycles. The van der Waals surface area contributed by atoms with E-state index >= 15 is 0 Å². The normalized spacial score (nSPS) is 9.93. The zero-order valence-corrected chi connectivity index (χ0v) is 10.9. The van der Waals surface area contributed by atoms with Crippen molar-refractivity contribution in [3.8, 4) is 0 Å². The molecule has 0 spiro atoms. The van der Waals surface area contributed by atoms with E-state index in [2.05, 4.69) is 53.4 Å². The van der Waals surface area contributed by atoms with Gasteiger partial charge in [-0.2, -0.15) is 0 Å². The molecule has 0 bridgehead atoms. The summed E-state index contributed by atoms with van der Waals surface area (Å²) in [6, 6.07) is 21.0. The first kappa shape index (κ1) is 10.6. The van der Waals surface area contributed by atoms with Crippen LogP contribution in [-0.4, -0.2) is 27.5 Å². The van der Waals surface area contributed by atoms with E-state index in [1.165, 1.54) is 11.4 Å². The van der Waals surface area contributed by atoms with Gasteiger partial charge in [0, 0.05) is 0 Å². The molecule has 0 aliphatic carbocycles. The topological polar surface area (TPSA) is 3.24 Å². The molecule has 2 aromatic rings. The minimum atomic E-state index is 1.03. The molecule has 0 atom stereocenters. The number of anilines is 2. The number of benzene rings is 2. The third-order valence-electron chi connectivity index (χ3n) is 2.28. The molecule has 74 valence electrons. The van der Waals surface area contributed by atoms with E-state index in [9.17, 15) is 0 Å². The first-order valence-corrected chi connectivity index (χ1v) is 6.71. The molecule has 0 N–H and O–H groups in total. The standard InChI is InChI=1S/C13H12N.Sb/c1-14(12-8-4-2-5-9-12)13-10-6-3-7-11-13;/h2-11H,1H2;. The van der Waals surface area contributed by atoms with Crippen molar-refractivity contribution in [2.24, 2.45) is 0 Å². The zero-order valence-electron chi connectivity index (χ0n) is 8.38. The van der Waals surface area contributed by atoms with Crippen molar-refractivity contribution < 1.29 is 0 Å². The SMILES string of the molecule is [Sb][CH2]N(c1ccccc1)c1ccccc1. The average Bonchev–Trinajstić information content (AvgIpc) is 2.33. The fourth-order valence-corrected chi connectivity index (χ4v) is 2.46. The summed E-state index contributed by atoms with van der Waals surface area (Å²) < 4.78 is 1.03. The second kappa shape index (κ2) is 5.23. The van der Waals surface area contributed by atoms with Gasteiger partial charge in [0.15, 0.2) is 0 Å². The van der Waals surface area contributed by atoms with Crippen molar-refractivity contribution in [3.05, 3.63) is 60.7 Å². The predicted octanol–water partition coefficient (Wildman–Crippen LogP) is 2.95. The number of para-hydroxylation sites is 2. The molecule has 0 saturated carbocycles. The van der Waals surface area contributed by atoms with Crippen LogP contribution in [0.3, 0.4) is 0 Å². The third-order valence-corrected chi connectivity index (χ3v) is 3.08. The van der Waals surface area contributed by atoms with Gasteiger partial charge in [0.05, 0.1) is 0 Å². The third kappa shape index (κ3) is 2.54. The number of hydrogen-bond donors (Lipinski definition) is 0. The van der Waals surface area contributed by atoms with Gasteiger partial charge in [-0.15, -0.1) is 0 Å². The van der Waals surface area contributed by atoms with Crippen LogP contribution >= 0.6 is 0 Å². The Labute approximate surface area is 104 Å². The maximum atomic E-state index is 2.31. The number of hydrogen-bond acceptors (Lipinski definition) is 1. The molecular formula is C13H12NSb. The van der Waals surface area contributed by atoms with Crippen LogP contribution in [0.4, 0.5) is 11.4 Å². The molecule has 2 radical (unpaired) electrons. The van der Waals surface area contributed by atoms with Crippen LogP contribution in [0.2, 0.25) is 0 Å². The predicted molar refractivity (Wildman–Crippen MR) is 65.6 cm³/mol. The van der Waals surface area contributed by atoms with Crippen LogP contribution in [0.5, 0.6) is 0 Å². The summed E-state index contributed by atoms with van der Waals surface area (Å²) in [5.74, 6) is 0. The van der Waals surface area contributed by atoms with Crippen molar-refractivity contribution in [1.29, 1.82) is 0 Å². The van der Waals surface area contributed by atoms with Crippen molar-refractivity contribution in [1.82, 2.24) is 0 Å². The molecule has 2 heteroatoms. The molecule has 0 unspecified atom stereocenters. The molecule has 0 aromatic heterocycles. The molecule has 2 rings (SSSR count). The van der Waals surface area contributed by atoms with Crippen LogP contribution in [0.15, 0.2) is 60.7 Å². The maximum absolute atomic E-state index is 2.31. The summed E-state index contributed by atoms with van der Waals surface area (Å²) in [6.45, 7) is 0. The fourth-order valence-electron chi connectivity index (χ4n) is 1.53. The van der Waals surface area contributed by atoms with Crippen LogP contribution < -0.4 is 4.90 Å². The van der Waals surface area contributed by atoms with E-state index in [0.717, 1.165) is 4.49 Å². The average molecular weight is 304 g/mol. The van der Waals surface area contributed by atoms with E-state index in [0.29, 0.717) is 0 Å². The molecule has 0 heterocycles. The summed E-state index contributed by atoms with van der Waals surface area (Å²) in [5, 5.41) is 0. The van der Waals surface area contributed by atoms with Crippen LogP contribution in [-0.2, 0) is 0 Å². The summed E-state index contributed by atoms with van der Waals surface area (Å²) in [5.41, 5.74) is 2.51. The zero-order chi connectivity index (χ0) is 10.5. The summed E-state index contributed by atoms with van der Waals surface area (Å²) in [6.07, 6.45) is 0. The van der Waals surface area contributed by atoms with Gasteiger partial charge in [0.1, 0.15) is 0 Å². The first-order valence-electron chi connectivity index (χ1n) is 4.90.